The Hall–Kier alpha value is -0.0800. The summed E-state index contributed by atoms with van der Waals surface area (Å²) in [5.74, 6) is 0. The van der Waals surface area contributed by atoms with Crippen LogP contribution in [0.25, 0.3) is 0 Å². The van der Waals surface area contributed by atoms with Gasteiger partial charge >= 0.3 is 0 Å². The van der Waals surface area contributed by atoms with Gasteiger partial charge < -0.3 is 10.2 Å². The van der Waals surface area contributed by atoms with Gasteiger partial charge in [-0.3, -0.25) is 0 Å². The van der Waals surface area contributed by atoms with Gasteiger partial charge in [-0.1, -0.05) is 0 Å². The monoisotopic (exact) mass is 146 g/mol. The van der Waals surface area contributed by atoms with E-state index in [0.29, 0.717) is 0 Å². The van der Waals surface area contributed by atoms with E-state index in [2.05, 4.69) is 26.1 Å². The fraction of sp³-hybridized carbons (Fsp3) is 1.00. The van der Waals surface area contributed by atoms with Crippen LogP contribution in [-0.4, -0.2) is 32.7 Å². The number of hydrogen-bond acceptors (Lipinski definition) is 0. The first-order valence-corrected chi connectivity index (χ1v) is 4.50. The van der Waals surface area contributed by atoms with E-state index in [1.165, 1.54) is 32.7 Å². The van der Waals surface area contributed by atoms with Crippen molar-refractivity contribution in [2.75, 3.05) is 32.7 Å². The molecule has 0 aromatic rings. The standard InChI is InChI=1S/C8H20N2/c1-4-9-7-8-10(5-2)6-3/h9H,4-8H2,1-3H3/p+2. The van der Waals surface area contributed by atoms with Crippen molar-refractivity contribution in [2.45, 2.75) is 20.8 Å². The van der Waals surface area contributed by atoms with Crippen LogP contribution in [0.15, 0.2) is 0 Å². The molecular weight excluding hydrogens is 124 g/mol. The smallest absolute Gasteiger partial charge is 0.127 e. The average Bonchev–Trinajstić information content (AvgIpc) is 1.99. The van der Waals surface area contributed by atoms with Gasteiger partial charge in [-0.2, -0.15) is 0 Å². The molecule has 0 aliphatic carbocycles. The second-order valence-electron chi connectivity index (χ2n) is 2.69. The Morgan fingerprint density at radius 3 is 2.10 bits per heavy atom. The van der Waals surface area contributed by atoms with Crippen molar-refractivity contribution in [1.29, 1.82) is 0 Å². The van der Waals surface area contributed by atoms with Gasteiger partial charge in [0.1, 0.15) is 13.1 Å². The summed E-state index contributed by atoms with van der Waals surface area (Å²) in [6.45, 7) is 13.1. The predicted molar refractivity (Wildman–Crippen MR) is 44.2 cm³/mol. The van der Waals surface area contributed by atoms with Gasteiger partial charge in [0.25, 0.3) is 0 Å². The number of hydrogen-bond donors (Lipinski definition) is 2. The molecule has 3 N–H and O–H groups in total. The van der Waals surface area contributed by atoms with E-state index in [1.54, 1.807) is 4.90 Å². The van der Waals surface area contributed by atoms with Crippen LogP contribution >= 0.6 is 0 Å². The van der Waals surface area contributed by atoms with E-state index in [-0.39, 0.29) is 0 Å². The Kier molecular flexibility index (Phi) is 6.98. The Morgan fingerprint density at radius 1 is 1.10 bits per heavy atom. The highest BCUT2D eigenvalue weighted by atomic mass is 15.1. The molecule has 0 heterocycles. The Morgan fingerprint density at radius 2 is 1.70 bits per heavy atom. The molecule has 0 fully saturated rings. The fourth-order valence-corrected chi connectivity index (χ4v) is 1.11. The van der Waals surface area contributed by atoms with E-state index in [4.69, 9.17) is 0 Å². The number of likely N-dealkylation sites (N-methyl/N-ethyl adjacent to an activating group) is 2. The summed E-state index contributed by atoms with van der Waals surface area (Å²) in [6, 6.07) is 0. The van der Waals surface area contributed by atoms with Gasteiger partial charge in [-0.15, -0.1) is 0 Å². The van der Waals surface area contributed by atoms with Crippen LogP contribution in [0, 0.1) is 0 Å². The molecule has 0 aromatic heterocycles. The third-order valence-electron chi connectivity index (χ3n) is 1.99. The quantitative estimate of drug-likeness (QED) is 0.425. The number of nitrogens with two attached hydrogens (primary N) is 1. The lowest BCUT2D eigenvalue weighted by Crippen LogP contribution is -3.14. The number of rotatable bonds is 6. The van der Waals surface area contributed by atoms with Crippen LogP contribution in [0.3, 0.4) is 0 Å². The van der Waals surface area contributed by atoms with Crippen LogP contribution in [-0.2, 0) is 0 Å². The maximum atomic E-state index is 2.37. The van der Waals surface area contributed by atoms with E-state index in [1.807, 2.05) is 0 Å². The molecule has 2 heteroatoms. The highest BCUT2D eigenvalue weighted by Gasteiger charge is 2.00. The summed E-state index contributed by atoms with van der Waals surface area (Å²) in [5.41, 5.74) is 0. The lowest BCUT2D eigenvalue weighted by Gasteiger charge is -2.13. The molecule has 0 amide bonds. The molecule has 0 aliphatic heterocycles. The van der Waals surface area contributed by atoms with Gasteiger partial charge in [0.2, 0.25) is 0 Å². The maximum Gasteiger partial charge on any atom is 0.127 e. The highest BCUT2D eigenvalue weighted by molar-refractivity contribution is 4.20. The summed E-state index contributed by atoms with van der Waals surface area (Å²) in [4.78, 5) is 1.71. The van der Waals surface area contributed by atoms with E-state index >= 15 is 0 Å². The van der Waals surface area contributed by atoms with E-state index in [9.17, 15) is 0 Å². The topological polar surface area (TPSA) is 21.1 Å². The molecule has 2 nitrogen and oxygen atoms in total. The van der Waals surface area contributed by atoms with Crippen LogP contribution in [0.5, 0.6) is 0 Å². The number of quaternary nitrogens is 2. The zero-order chi connectivity index (χ0) is 7.82. The van der Waals surface area contributed by atoms with Crippen molar-refractivity contribution in [3.05, 3.63) is 0 Å². The van der Waals surface area contributed by atoms with Gasteiger partial charge in [0, 0.05) is 0 Å². The molecule has 0 unspecified atom stereocenters. The van der Waals surface area contributed by atoms with Gasteiger partial charge in [0.05, 0.1) is 19.6 Å². The molecule has 0 rings (SSSR count). The molecule has 0 saturated carbocycles. The molecular formula is C8H22N2+2. The molecule has 0 aliphatic rings. The molecule has 0 spiro atoms. The molecule has 0 bridgehead atoms. The summed E-state index contributed by atoms with van der Waals surface area (Å²) in [5, 5.41) is 2.37. The summed E-state index contributed by atoms with van der Waals surface area (Å²) in [7, 11) is 0. The minimum Gasteiger partial charge on any atom is -0.342 e. The zero-order valence-electron chi connectivity index (χ0n) is 7.61. The lowest BCUT2D eigenvalue weighted by atomic mass is 10.4. The van der Waals surface area contributed by atoms with Crippen molar-refractivity contribution in [3.63, 3.8) is 0 Å². The van der Waals surface area contributed by atoms with Crippen molar-refractivity contribution in [1.82, 2.24) is 0 Å². The fourth-order valence-electron chi connectivity index (χ4n) is 1.11. The predicted octanol–water partition coefficient (Wildman–Crippen LogP) is -1.51. The average molecular weight is 146 g/mol. The Labute approximate surface area is 64.6 Å². The highest BCUT2D eigenvalue weighted by Crippen LogP contribution is 1.46. The summed E-state index contributed by atoms with van der Waals surface area (Å²) in [6.07, 6.45) is 0. The minimum atomic E-state index is 1.22. The normalized spacial score (nSPS) is 10.8. The van der Waals surface area contributed by atoms with Gasteiger partial charge in [0.15, 0.2) is 0 Å². The largest absolute Gasteiger partial charge is 0.342 e. The Balaban J connectivity index is 3.09. The molecule has 10 heavy (non-hydrogen) atoms. The molecule has 0 radical (unpaired) electrons. The summed E-state index contributed by atoms with van der Waals surface area (Å²) >= 11 is 0. The van der Waals surface area contributed by atoms with Crippen molar-refractivity contribution in [3.8, 4) is 0 Å². The Bertz CT molecular complexity index is 60.3. The van der Waals surface area contributed by atoms with Crippen molar-refractivity contribution >= 4 is 0 Å². The molecule has 62 valence electrons. The third-order valence-corrected chi connectivity index (χ3v) is 1.99. The minimum absolute atomic E-state index is 1.22. The first kappa shape index (κ1) is 9.92. The SMILES string of the molecule is CC[NH2+]CC[NH+](CC)CC. The van der Waals surface area contributed by atoms with Gasteiger partial charge in [-0.05, 0) is 20.8 Å². The van der Waals surface area contributed by atoms with Crippen molar-refractivity contribution in [2.24, 2.45) is 0 Å². The lowest BCUT2D eigenvalue weighted by molar-refractivity contribution is -0.909. The second kappa shape index (κ2) is 7.03. The molecule has 0 saturated heterocycles. The number of nitrogens with one attached hydrogen (secondary N) is 1. The van der Waals surface area contributed by atoms with Crippen LogP contribution < -0.4 is 10.2 Å². The van der Waals surface area contributed by atoms with E-state index < -0.39 is 0 Å². The van der Waals surface area contributed by atoms with E-state index in [0.717, 1.165) is 0 Å². The molecule has 0 atom stereocenters. The van der Waals surface area contributed by atoms with Crippen LogP contribution in [0.4, 0.5) is 0 Å². The molecule has 0 aromatic carbocycles. The zero-order valence-corrected chi connectivity index (χ0v) is 7.61. The summed E-state index contributed by atoms with van der Waals surface area (Å²) < 4.78 is 0. The van der Waals surface area contributed by atoms with Crippen LogP contribution in [0.2, 0.25) is 0 Å². The second-order valence-corrected chi connectivity index (χ2v) is 2.69. The van der Waals surface area contributed by atoms with Crippen LogP contribution in [0.1, 0.15) is 20.8 Å². The third kappa shape index (κ3) is 4.77. The first-order valence-electron chi connectivity index (χ1n) is 4.50. The van der Waals surface area contributed by atoms with Gasteiger partial charge in [-0.25, -0.2) is 0 Å². The van der Waals surface area contributed by atoms with Crippen molar-refractivity contribution < 1.29 is 10.2 Å². The first-order chi connectivity index (χ1) is 4.85. The maximum absolute atomic E-state index is 2.37.